The van der Waals surface area contributed by atoms with Crippen LogP contribution in [0.5, 0.6) is 0 Å². The number of aryl methyl sites for hydroxylation is 2. The second kappa shape index (κ2) is 13.7. The van der Waals surface area contributed by atoms with Crippen molar-refractivity contribution in [3.05, 3.63) is 71.5 Å². The van der Waals surface area contributed by atoms with Crippen molar-refractivity contribution >= 4 is 17.5 Å². The predicted octanol–water partition coefficient (Wildman–Crippen LogP) is 6.64. The zero-order chi connectivity index (χ0) is 29.6. The Morgan fingerprint density at radius 2 is 1.69 bits per heavy atom. The van der Waals surface area contributed by atoms with Crippen LogP contribution in [0.4, 0.5) is 5.69 Å². The summed E-state index contributed by atoms with van der Waals surface area (Å²) in [4.78, 5) is 31.2. The van der Waals surface area contributed by atoms with Crippen molar-refractivity contribution in [2.45, 2.75) is 77.7 Å². The zero-order valence-electron chi connectivity index (χ0n) is 25.8. The molecule has 3 heterocycles. The van der Waals surface area contributed by atoms with Gasteiger partial charge >= 0.3 is 0 Å². The van der Waals surface area contributed by atoms with Gasteiger partial charge in [-0.25, -0.2) is 0 Å². The minimum Gasteiger partial charge on any atom is -0.339 e. The molecule has 7 nitrogen and oxygen atoms in total. The number of benzene rings is 2. The maximum absolute atomic E-state index is 13.5. The minimum atomic E-state index is 0.0239. The quantitative estimate of drug-likeness (QED) is 0.313. The molecule has 7 heteroatoms. The molecule has 224 valence electrons. The summed E-state index contributed by atoms with van der Waals surface area (Å²) in [6.45, 7) is 9.97. The molecule has 1 N–H and O–H groups in total. The molecule has 42 heavy (non-hydrogen) atoms. The van der Waals surface area contributed by atoms with Crippen LogP contribution >= 0.6 is 0 Å². The van der Waals surface area contributed by atoms with Gasteiger partial charge in [0.25, 0.3) is 5.91 Å². The monoisotopic (exact) mass is 569 g/mol. The molecule has 2 saturated heterocycles. The number of carbonyl (C=O) groups excluding carboxylic acids is 2. The van der Waals surface area contributed by atoms with Gasteiger partial charge in [0.15, 0.2) is 0 Å². The molecular formula is C35H47N5O2. The number of amides is 2. The molecule has 2 amide bonds. The highest BCUT2D eigenvalue weighted by Crippen LogP contribution is 2.31. The van der Waals surface area contributed by atoms with E-state index in [-0.39, 0.29) is 17.7 Å². The Bertz CT molecular complexity index is 1350. The Hall–Kier alpha value is -3.45. The summed E-state index contributed by atoms with van der Waals surface area (Å²) in [5, 5.41) is 7.44. The van der Waals surface area contributed by atoms with Gasteiger partial charge < -0.3 is 15.1 Å². The van der Waals surface area contributed by atoms with Crippen LogP contribution < -0.4 is 5.32 Å². The van der Waals surface area contributed by atoms with E-state index in [0.717, 1.165) is 68.7 Å². The maximum atomic E-state index is 13.5. The first-order valence-electron chi connectivity index (χ1n) is 15.9. The van der Waals surface area contributed by atoms with Crippen LogP contribution in [0.3, 0.4) is 0 Å². The van der Waals surface area contributed by atoms with Crippen molar-refractivity contribution in [1.29, 1.82) is 0 Å². The van der Waals surface area contributed by atoms with E-state index in [1.54, 1.807) is 0 Å². The lowest BCUT2D eigenvalue weighted by Gasteiger charge is -2.35. The van der Waals surface area contributed by atoms with E-state index >= 15 is 0 Å². The molecule has 2 aliphatic rings. The molecule has 0 aliphatic carbocycles. The van der Waals surface area contributed by atoms with Crippen LogP contribution in [-0.4, -0.2) is 63.6 Å². The summed E-state index contributed by atoms with van der Waals surface area (Å²) in [6, 6.07) is 15.1. The summed E-state index contributed by atoms with van der Waals surface area (Å²) in [7, 11) is 1.93. The van der Waals surface area contributed by atoms with Gasteiger partial charge in [0, 0.05) is 55.1 Å². The number of hydrogen-bond acceptors (Lipinski definition) is 4. The van der Waals surface area contributed by atoms with E-state index in [2.05, 4.69) is 53.4 Å². The fourth-order valence-corrected chi connectivity index (χ4v) is 6.53. The third kappa shape index (κ3) is 7.12. The fourth-order valence-electron chi connectivity index (χ4n) is 6.53. The largest absolute Gasteiger partial charge is 0.339 e. The SMILES string of the molecule is CCCCC(C)N1CCC(C(=O)Nc2cc(C(=O)N3CCC(c4ccc(-c5cnn(C)c5)cc4)CC3)ccc2C)CC1. The first-order valence-corrected chi connectivity index (χ1v) is 15.9. The van der Waals surface area contributed by atoms with Crippen LogP contribution in [0.15, 0.2) is 54.9 Å². The van der Waals surface area contributed by atoms with Crippen molar-refractivity contribution in [3.63, 3.8) is 0 Å². The maximum Gasteiger partial charge on any atom is 0.253 e. The van der Waals surface area contributed by atoms with Gasteiger partial charge in [-0.2, -0.15) is 5.10 Å². The lowest BCUT2D eigenvalue weighted by Crippen LogP contribution is -2.42. The molecule has 1 unspecified atom stereocenters. The third-order valence-electron chi connectivity index (χ3n) is 9.44. The molecule has 0 radical (unpaired) electrons. The van der Waals surface area contributed by atoms with Gasteiger partial charge in [0.05, 0.1) is 6.20 Å². The van der Waals surface area contributed by atoms with Crippen molar-refractivity contribution in [3.8, 4) is 11.1 Å². The molecule has 0 spiro atoms. The third-order valence-corrected chi connectivity index (χ3v) is 9.44. The van der Waals surface area contributed by atoms with E-state index in [0.29, 0.717) is 17.5 Å². The number of piperidine rings is 2. The Morgan fingerprint density at radius 3 is 2.33 bits per heavy atom. The summed E-state index contributed by atoms with van der Waals surface area (Å²) < 4.78 is 1.82. The average Bonchev–Trinajstić information content (AvgIpc) is 3.47. The van der Waals surface area contributed by atoms with Gasteiger partial charge in [-0.1, -0.05) is 50.1 Å². The van der Waals surface area contributed by atoms with Crippen molar-refractivity contribution < 1.29 is 9.59 Å². The molecule has 0 saturated carbocycles. The minimum absolute atomic E-state index is 0.0239. The normalized spacial score (nSPS) is 17.8. The summed E-state index contributed by atoms with van der Waals surface area (Å²) >= 11 is 0. The number of hydrogen-bond donors (Lipinski definition) is 1. The molecule has 2 fully saturated rings. The highest BCUT2D eigenvalue weighted by atomic mass is 16.2. The number of unbranched alkanes of at least 4 members (excludes halogenated alkanes) is 1. The van der Waals surface area contributed by atoms with Gasteiger partial charge in [0.1, 0.15) is 0 Å². The van der Waals surface area contributed by atoms with E-state index < -0.39 is 0 Å². The lowest BCUT2D eigenvalue weighted by molar-refractivity contribution is -0.121. The highest BCUT2D eigenvalue weighted by Gasteiger charge is 2.28. The Labute approximate surface area is 251 Å². The Balaban J connectivity index is 1.14. The first kappa shape index (κ1) is 30.0. The van der Waals surface area contributed by atoms with E-state index in [1.807, 2.05) is 54.1 Å². The molecule has 3 aromatic rings. The van der Waals surface area contributed by atoms with Gasteiger partial charge in [-0.05, 0) is 93.8 Å². The number of aromatic nitrogens is 2. The Kier molecular flexibility index (Phi) is 9.78. The lowest BCUT2D eigenvalue weighted by atomic mass is 9.88. The van der Waals surface area contributed by atoms with Gasteiger partial charge in [-0.3, -0.25) is 14.3 Å². The van der Waals surface area contributed by atoms with Crippen molar-refractivity contribution in [2.75, 3.05) is 31.5 Å². The van der Waals surface area contributed by atoms with E-state index in [1.165, 1.54) is 30.4 Å². The van der Waals surface area contributed by atoms with Crippen LogP contribution in [-0.2, 0) is 11.8 Å². The first-order chi connectivity index (χ1) is 20.3. The zero-order valence-corrected chi connectivity index (χ0v) is 25.8. The van der Waals surface area contributed by atoms with Crippen molar-refractivity contribution in [2.24, 2.45) is 13.0 Å². The van der Waals surface area contributed by atoms with Gasteiger partial charge in [-0.15, -0.1) is 0 Å². The highest BCUT2D eigenvalue weighted by molar-refractivity contribution is 5.98. The Morgan fingerprint density at radius 1 is 0.976 bits per heavy atom. The topological polar surface area (TPSA) is 70.5 Å². The fraction of sp³-hybridized carbons (Fsp3) is 0.514. The van der Waals surface area contributed by atoms with E-state index in [4.69, 9.17) is 0 Å². The number of nitrogens with zero attached hydrogens (tertiary/aromatic N) is 4. The average molecular weight is 570 g/mol. The van der Waals surface area contributed by atoms with Crippen LogP contribution in [0, 0.1) is 12.8 Å². The van der Waals surface area contributed by atoms with Crippen molar-refractivity contribution in [1.82, 2.24) is 19.6 Å². The van der Waals surface area contributed by atoms with Crippen LogP contribution in [0.1, 0.15) is 86.2 Å². The van der Waals surface area contributed by atoms with E-state index in [9.17, 15) is 9.59 Å². The second-order valence-corrected chi connectivity index (χ2v) is 12.4. The number of likely N-dealkylation sites (tertiary alicyclic amines) is 2. The summed E-state index contributed by atoms with van der Waals surface area (Å²) in [5.74, 6) is 0.603. The number of nitrogens with one attached hydrogen (secondary N) is 1. The molecule has 2 aromatic carbocycles. The smallest absolute Gasteiger partial charge is 0.253 e. The standard InChI is InChI=1S/C35H47N5O2/c1-5-6-7-26(3)39-18-16-30(17-19-39)34(41)37-33-22-31(9-8-25(33)2)35(42)40-20-14-29(15-21-40)27-10-12-28(13-11-27)32-23-36-38(4)24-32/h8-13,22-24,26,29-30H,5-7,14-21H2,1-4H3,(H,37,41). The molecule has 2 aliphatic heterocycles. The summed E-state index contributed by atoms with van der Waals surface area (Å²) in [6.07, 6.45) is 11.3. The second-order valence-electron chi connectivity index (χ2n) is 12.4. The molecular weight excluding hydrogens is 522 g/mol. The predicted molar refractivity (Wildman–Crippen MR) is 170 cm³/mol. The number of rotatable bonds is 9. The van der Waals surface area contributed by atoms with Gasteiger partial charge in [0.2, 0.25) is 5.91 Å². The number of carbonyl (C=O) groups is 2. The molecule has 1 aromatic heterocycles. The molecule has 1 atom stereocenters. The molecule has 5 rings (SSSR count). The van der Waals surface area contributed by atoms with Crippen LogP contribution in [0.25, 0.3) is 11.1 Å². The molecule has 0 bridgehead atoms. The number of anilines is 1. The van der Waals surface area contributed by atoms with Crippen LogP contribution in [0.2, 0.25) is 0 Å². The summed E-state index contributed by atoms with van der Waals surface area (Å²) in [5.41, 5.74) is 6.01.